The van der Waals surface area contributed by atoms with E-state index in [1.807, 2.05) is 0 Å². The third-order valence-corrected chi connectivity index (χ3v) is 2.99. The van der Waals surface area contributed by atoms with Crippen LogP contribution in [0, 0.1) is 0 Å². The van der Waals surface area contributed by atoms with Crippen LogP contribution in [0.25, 0.3) is 0 Å². The lowest BCUT2D eigenvalue weighted by Crippen LogP contribution is -2.44. The summed E-state index contributed by atoms with van der Waals surface area (Å²) >= 11 is 0. The van der Waals surface area contributed by atoms with Crippen LogP contribution in [0.3, 0.4) is 0 Å². The normalized spacial score (nSPS) is 17.5. The standard InChI is InChI=1S/C12H20N2O5/c13-9(6-10(15)16)12(18)14-7-11(17)19-8-4-2-1-3-5-8/h8-9H,1-7,13H2,(H,14,18)(H,15,16)/t9-/m0/s1. The molecule has 0 aromatic heterocycles. The second-order valence-corrected chi connectivity index (χ2v) is 4.67. The molecule has 1 atom stereocenters. The van der Waals surface area contributed by atoms with Crippen molar-refractivity contribution in [3.05, 3.63) is 0 Å². The molecule has 1 amide bonds. The number of amides is 1. The number of carboxylic acids is 1. The van der Waals surface area contributed by atoms with Crippen molar-refractivity contribution in [1.82, 2.24) is 5.32 Å². The van der Waals surface area contributed by atoms with E-state index in [-0.39, 0.29) is 12.6 Å². The van der Waals surface area contributed by atoms with Crippen LogP contribution in [0.15, 0.2) is 0 Å². The Labute approximate surface area is 111 Å². The fraction of sp³-hybridized carbons (Fsp3) is 0.750. The molecule has 0 heterocycles. The SMILES string of the molecule is N[C@@H](CC(=O)O)C(=O)NCC(=O)OC1CCCCC1. The molecule has 0 radical (unpaired) electrons. The minimum Gasteiger partial charge on any atom is -0.481 e. The smallest absolute Gasteiger partial charge is 0.325 e. The van der Waals surface area contributed by atoms with E-state index in [4.69, 9.17) is 15.6 Å². The first kappa shape index (κ1) is 15.4. The summed E-state index contributed by atoms with van der Waals surface area (Å²) in [4.78, 5) is 33.2. The minimum absolute atomic E-state index is 0.0640. The summed E-state index contributed by atoms with van der Waals surface area (Å²) < 4.78 is 5.19. The Kier molecular flexibility index (Phi) is 6.27. The van der Waals surface area contributed by atoms with Gasteiger partial charge in [0.25, 0.3) is 0 Å². The maximum atomic E-state index is 11.5. The van der Waals surface area contributed by atoms with Gasteiger partial charge in [0.15, 0.2) is 0 Å². The van der Waals surface area contributed by atoms with Gasteiger partial charge in [-0.2, -0.15) is 0 Å². The zero-order valence-corrected chi connectivity index (χ0v) is 10.8. The molecule has 7 nitrogen and oxygen atoms in total. The Morgan fingerprint density at radius 1 is 1.26 bits per heavy atom. The Balaban J connectivity index is 2.21. The van der Waals surface area contributed by atoms with Crippen LogP contribution in [0.1, 0.15) is 38.5 Å². The summed E-state index contributed by atoms with van der Waals surface area (Å²) in [7, 11) is 0. The Hall–Kier alpha value is -1.63. The van der Waals surface area contributed by atoms with Crippen LogP contribution >= 0.6 is 0 Å². The summed E-state index contributed by atoms with van der Waals surface area (Å²) in [5, 5.41) is 10.8. The maximum Gasteiger partial charge on any atom is 0.325 e. The van der Waals surface area contributed by atoms with E-state index in [9.17, 15) is 14.4 Å². The van der Waals surface area contributed by atoms with Gasteiger partial charge in [-0.25, -0.2) is 0 Å². The molecule has 0 unspecified atom stereocenters. The van der Waals surface area contributed by atoms with Crippen molar-refractivity contribution in [2.45, 2.75) is 50.7 Å². The highest BCUT2D eigenvalue weighted by molar-refractivity contribution is 5.88. The lowest BCUT2D eigenvalue weighted by molar-refractivity contribution is -0.150. The highest BCUT2D eigenvalue weighted by Crippen LogP contribution is 2.20. The number of esters is 1. The molecule has 0 aromatic rings. The lowest BCUT2D eigenvalue weighted by Gasteiger charge is -2.22. The van der Waals surface area contributed by atoms with Crippen molar-refractivity contribution >= 4 is 17.8 Å². The van der Waals surface area contributed by atoms with Crippen LogP contribution in [0.2, 0.25) is 0 Å². The van der Waals surface area contributed by atoms with Gasteiger partial charge >= 0.3 is 11.9 Å². The van der Waals surface area contributed by atoms with E-state index in [0.717, 1.165) is 32.1 Å². The summed E-state index contributed by atoms with van der Waals surface area (Å²) in [5.41, 5.74) is 5.34. The molecule has 0 saturated heterocycles. The average molecular weight is 272 g/mol. The van der Waals surface area contributed by atoms with Crippen molar-refractivity contribution < 1.29 is 24.2 Å². The number of carbonyl (C=O) groups is 3. The second kappa shape index (κ2) is 7.73. The van der Waals surface area contributed by atoms with Crippen molar-refractivity contribution in [1.29, 1.82) is 0 Å². The molecular weight excluding hydrogens is 252 g/mol. The molecule has 1 fully saturated rings. The van der Waals surface area contributed by atoms with Gasteiger partial charge in [-0.3, -0.25) is 14.4 Å². The molecule has 0 aromatic carbocycles. The summed E-state index contributed by atoms with van der Waals surface area (Å²) in [5.74, 6) is -2.33. The number of carbonyl (C=O) groups excluding carboxylic acids is 2. The molecule has 1 rings (SSSR count). The van der Waals surface area contributed by atoms with Crippen LogP contribution in [0.5, 0.6) is 0 Å². The van der Waals surface area contributed by atoms with E-state index < -0.39 is 30.3 Å². The molecule has 0 aliphatic heterocycles. The second-order valence-electron chi connectivity index (χ2n) is 4.67. The summed E-state index contributed by atoms with van der Waals surface area (Å²) in [6, 6.07) is -1.15. The van der Waals surface area contributed by atoms with E-state index in [1.165, 1.54) is 0 Å². The number of ether oxygens (including phenoxy) is 1. The molecule has 1 saturated carbocycles. The highest BCUT2D eigenvalue weighted by Gasteiger charge is 2.20. The van der Waals surface area contributed by atoms with Crippen LogP contribution < -0.4 is 11.1 Å². The van der Waals surface area contributed by atoms with Crippen LogP contribution in [-0.2, 0) is 19.1 Å². The van der Waals surface area contributed by atoms with E-state index in [2.05, 4.69) is 5.32 Å². The number of hydrogen-bond acceptors (Lipinski definition) is 5. The van der Waals surface area contributed by atoms with Crippen molar-refractivity contribution in [3.63, 3.8) is 0 Å². The van der Waals surface area contributed by atoms with Gasteiger partial charge in [-0.15, -0.1) is 0 Å². The van der Waals surface area contributed by atoms with Crippen LogP contribution in [-0.4, -0.2) is 41.6 Å². The largest absolute Gasteiger partial charge is 0.481 e. The quantitative estimate of drug-likeness (QED) is 0.575. The number of rotatable bonds is 6. The first-order valence-electron chi connectivity index (χ1n) is 6.43. The predicted molar refractivity (Wildman–Crippen MR) is 66.2 cm³/mol. The first-order chi connectivity index (χ1) is 8.99. The molecule has 19 heavy (non-hydrogen) atoms. The number of nitrogens with two attached hydrogens (primary N) is 1. The number of hydrogen-bond donors (Lipinski definition) is 3. The average Bonchev–Trinajstić information content (AvgIpc) is 2.36. The van der Waals surface area contributed by atoms with Gasteiger partial charge in [-0.05, 0) is 25.7 Å². The Bertz CT molecular complexity index is 339. The fourth-order valence-corrected chi connectivity index (χ4v) is 1.98. The number of carboxylic acid groups (broad SMARTS) is 1. The third-order valence-electron chi connectivity index (χ3n) is 2.99. The van der Waals surface area contributed by atoms with Gasteiger partial charge in [0.05, 0.1) is 12.5 Å². The van der Waals surface area contributed by atoms with E-state index >= 15 is 0 Å². The lowest BCUT2D eigenvalue weighted by atomic mass is 9.98. The molecule has 1 aliphatic carbocycles. The topological polar surface area (TPSA) is 119 Å². The van der Waals surface area contributed by atoms with Crippen molar-refractivity contribution in [3.8, 4) is 0 Å². The fourth-order valence-electron chi connectivity index (χ4n) is 1.98. The minimum atomic E-state index is -1.16. The number of nitrogens with one attached hydrogen (secondary N) is 1. The van der Waals surface area contributed by atoms with Gasteiger partial charge in [0.1, 0.15) is 12.6 Å². The third kappa shape index (κ3) is 6.19. The molecule has 1 aliphatic rings. The van der Waals surface area contributed by atoms with Gasteiger partial charge in [0.2, 0.25) is 5.91 Å². The maximum absolute atomic E-state index is 11.5. The van der Waals surface area contributed by atoms with Gasteiger partial charge in [-0.1, -0.05) is 6.42 Å². The zero-order valence-electron chi connectivity index (χ0n) is 10.8. The molecule has 7 heteroatoms. The monoisotopic (exact) mass is 272 g/mol. The Morgan fingerprint density at radius 2 is 1.89 bits per heavy atom. The molecule has 4 N–H and O–H groups in total. The van der Waals surface area contributed by atoms with Crippen molar-refractivity contribution in [2.24, 2.45) is 5.73 Å². The Morgan fingerprint density at radius 3 is 2.47 bits per heavy atom. The van der Waals surface area contributed by atoms with Gasteiger partial charge in [0, 0.05) is 0 Å². The molecule has 108 valence electrons. The highest BCUT2D eigenvalue weighted by atomic mass is 16.5. The first-order valence-corrected chi connectivity index (χ1v) is 6.43. The van der Waals surface area contributed by atoms with Crippen molar-refractivity contribution in [2.75, 3.05) is 6.54 Å². The van der Waals surface area contributed by atoms with Crippen LogP contribution in [0.4, 0.5) is 0 Å². The summed E-state index contributed by atoms with van der Waals surface area (Å²) in [6.45, 7) is -0.275. The van der Waals surface area contributed by atoms with E-state index in [0.29, 0.717) is 0 Å². The molecular formula is C12H20N2O5. The number of aliphatic carboxylic acids is 1. The zero-order chi connectivity index (χ0) is 14.3. The molecule has 0 spiro atoms. The molecule has 0 bridgehead atoms. The predicted octanol–water partition coefficient (Wildman–Crippen LogP) is -0.220. The van der Waals surface area contributed by atoms with E-state index in [1.54, 1.807) is 0 Å². The van der Waals surface area contributed by atoms with Gasteiger partial charge < -0.3 is 20.9 Å². The summed E-state index contributed by atoms with van der Waals surface area (Å²) in [6.07, 6.45) is 4.45.